The van der Waals surface area contributed by atoms with E-state index in [-0.39, 0.29) is 5.69 Å². The van der Waals surface area contributed by atoms with Gasteiger partial charge in [-0.2, -0.15) is 13.2 Å². The summed E-state index contributed by atoms with van der Waals surface area (Å²) in [7, 11) is 0. The second-order valence-corrected chi connectivity index (χ2v) is 5.31. The first-order chi connectivity index (χ1) is 10.3. The van der Waals surface area contributed by atoms with Gasteiger partial charge in [0.25, 0.3) is 5.91 Å². The molecule has 0 spiro atoms. The molecule has 1 N–H and O–H groups in total. The lowest BCUT2D eigenvalue weighted by atomic mass is 10.0. The second kappa shape index (κ2) is 6.22. The average Bonchev–Trinajstić information content (AvgIpc) is 2.46. The Hall–Kier alpha value is -2.30. The first kappa shape index (κ1) is 16.1. The quantitative estimate of drug-likeness (QED) is 0.841. The molecule has 2 nitrogen and oxygen atoms in total. The first-order valence-corrected chi connectivity index (χ1v) is 6.86. The number of alkyl halides is 3. The van der Waals surface area contributed by atoms with E-state index < -0.39 is 17.6 Å². The third-order valence-corrected chi connectivity index (χ3v) is 3.29. The van der Waals surface area contributed by atoms with Gasteiger partial charge in [-0.1, -0.05) is 32.0 Å². The summed E-state index contributed by atoms with van der Waals surface area (Å²) >= 11 is 0. The number of nitrogens with one attached hydrogen (secondary N) is 1. The summed E-state index contributed by atoms with van der Waals surface area (Å²) in [5, 5.41) is 2.48. The van der Waals surface area contributed by atoms with Crippen LogP contribution in [0.2, 0.25) is 0 Å². The Morgan fingerprint density at radius 3 is 2.23 bits per heavy atom. The summed E-state index contributed by atoms with van der Waals surface area (Å²) in [5.41, 5.74) is 0.825. The van der Waals surface area contributed by atoms with Gasteiger partial charge in [0, 0.05) is 11.3 Å². The molecule has 5 heteroatoms. The maximum atomic E-state index is 12.6. The summed E-state index contributed by atoms with van der Waals surface area (Å²) < 4.78 is 37.9. The highest BCUT2D eigenvalue weighted by Gasteiger charge is 2.30. The molecular weight excluding hydrogens is 291 g/mol. The molecule has 0 saturated heterocycles. The fourth-order valence-electron chi connectivity index (χ4n) is 2.00. The Morgan fingerprint density at radius 1 is 1.05 bits per heavy atom. The number of rotatable bonds is 3. The van der Waals surface area contributed by atoms with Gasteiger partial charge in [0.15, 0.2) is 0 Å². The summed E-state index contributed by atoms with van der Waals surface area (Å²) in [6.07, 6.45) is -4.43. The van der Waals surface area contributed by atoms with Gasteiger partial charge in [-0.3, -0.25) is 4.79 Å². The number of amides is 1. The molecule has 2 aromatic rings. The Bertz CT molecular complexity index is 660. The molecule has 0 aromatic heterocycles. The molecule has 0 bridgehead atoms. The molecule has 0 aliphatic rings. The molecule has 22 heavy (non-hydrogen) atoms. The number of halogens is 3. The van der Waals surface area contributed by atoms with Crippen molar-refractivity contribution in [1.29, 1.82) is 0 Å². The van der Waals surface area contributed by atoms with Crippen molar-refractivity contribution in [2.45, 2.75) is 25.9 Å². The predicted molar refractivity (Wildman–Crippen MR) is 79.9 cm³/mol. The van der Waals surface area contributed by atoms with E-state index >= 15 is 0 Å². The van der Waals surface area contributed by atoms with Crippen LogP contribution in [0.15, 0.2) is 48.5 Å². The zero-order chi connectivity index (χ0) is 16.3. The number of hydrogen-bond acceptors (Lipinski definition) is 1. The molecule has 116 valence electrons. The van der Waals surface area contributed by atoms with Gasteiger partial charge < -0.3 is 5.32 Å². The summed E-state index contributed by atoms with van der Waals surface area (Å²) in [6, 6.07) is 11.6. The minimum Gasteiger partial charge on any atom is -0.322 e. The standard InChI is InChI=1S/C17H16F3NO/c1-11(2)12-6-8-13(9-7-12)16(22)21-15-5-3-4-14(10-15)17(18,19)20/h3-11H,1-2H3,(H,21,22). The molecule has 0 radical (unpaired) electrons. The minimum atomic E-state index is -4.43. The van der Waals surface area contributed by atoms with Crippen LogP contribution in [-0.4, -0.2) is 5.91 Å². The molecule has 0 saturated carbocycles. The maximum absolute atomic E-state index is 12.6. The first-order valence-electron chi connectivity index (χ1n) is 6.86. The Kier molecular flexibility index (Phi) is 4.54. The molecule has 0 unspecified atom stereocenters. The van der Waals surface area contributed by atoms with Crippen molar-refractivity contribution in [2.75, 3.05) is 5.32 Å². The van der Waals surface area contributed by atoms with Crippen LogP contribution >= 0.6 is 0 Å². The Balaban J connectivity index is 2.15. The highest BCUT2D eigenvalue weighted by molar-refractivity contribution is 6.04. The SMILES string of the molecule is CC(C)c1ccc(C(=O)Nc2cccc(C(F)(F)F)c2)cc1. The molecule has 0 heterocycles. The molecule has 1 amide bonds. The van der Waals surface area contributed by atoms with E-state index in [2.05, 4.69) is 5.32 Å². The monoisotopic (exact) mass is 307 g/mol. The van der Waals surface area contributed by atoms with E-state index in [1.54, 1.807) is 12.1 Å². The van der Waals surface area contributed by atoms with Crippen molar-refractivity contribution in [3.8, 4) is 0 Å². The molecule has 0 aliphatic heterocycles. The van der Waals surface area contributed by atoms with Crippen molar-refractivity contribution in [3.05, 3.63) is 65.2 Å². The van der Waals surface area contributed by atoms with Gasteiger partial charge in [-0.25, -0.2) is 0 Å². The zero-order valence-corrected chi connectivity index (χ0v) is 12.2. The van der Waals surface area contributed by atoms with Crippen molar-refractivity contribution in [1.82, 2.24) is 0 Å². The van der Waals surface area contributed by atoms with Gasteiger partial charge in [-0.15, -0.1) is 0 Å². The predicted octanol–water partition coefficient (Wildman–Crippen LogP) is 5.08. The smallest absolute Gasteiger partial charge is 0.322 e. The zero-order valence-electron chi connectivity index (χ0n) is 12.2. The summed E-state index contributed by atoms with van der Waals surface area (Å²) in [6.45, 7) is 4.08. The fraction of sp³-hybridized carbons (Fsp3) is 0.235. The number of benzene rings is 2. The summed E-state index contributed by atoms with van der Waals surface area (Å²) in [5.74, 6) is -0.0878. The van der Waals surface area contributed by atoms with Crippen molar-refractivity contribution in [2.24, 2.45) is 0 Å². The number of anilines is 1. The van der Waals surface area contributed by atoms with Crippen LogP contribution in [0.5, 0.6) is 0 Å². The Labute approximate surface area is 127 Å². The van der Waals surface area contributed by atoms with Crippen LogP contribution in [0.1, 0.15) is 41.3 Å². The number of carbonyl (C=O) groups is 1. The normalized spacial score (nSPS) is 11.5. The lowest BCUT2D eigenvalue weighted by Gasteiger charge is -2.10. The fourth-order valence-corrected chi connectivity index (χ4v) is 2.00. The molecule has 0 aliphatic carbocycles. The average molecular weight is 307 g/mol. The molecule has 0 atom stereocenters. The van der Waals surface area contributed by atoms with Crippen molar-refractivity contribution < 1.29 is 18.0 Å². The van der Waals surface area contributed by atoms with E-state index in [4.69, 9.17) is 0 Å². The van der Waals surface area contributed by atoms with E-state index in [0.717, 1.165) is 17.7 Å². The maximum Gasteiger partial charge on any atom is 0.416 e. The van der Waals surface area contributed by atoms with Crippen LogP contribution in [0.3, 0.4) is 0 Å². The van der Waals surface area contributed by atoms with Crippen LogP contribution in [0.25, 0.3) is 0 Å². The van der Waals surface area contributed by atoms with Crippen LogP contribution in [-0.2, 0) is 6.18 Å². The van der Waals surface area contributed by atoms with E-state index in [1.807, 2.05) is 26.0 Å². The number of hydrogen-bond donors (Lipinski definition) is 1. The lowest BCUT2D eigenvalue weighted by molar-refractivity contribution is -0.137. The highest BCUT2D eigenvalue weighted by atomic mass is 19.4. The van der Waals surface area contributed by atoms with Gasteiger partial charge >= 0.3 is 6.18 Å². The lowest BCUT2D eigenvalue weighted by Crippen LogP contribution is -2.13. The van der Waals surface area contributed by atoms with Crippen LogP contribution < -0.4 is 5.32 Å². The van der Waals surface area contributed by atoms with Crippen LogP contribution in [0.4, 0.5) is 18.9 Å². The van der Waals surface area contributed by atoms with Crippen molar-refractivity contribution in [3.63, 3.8) is 0 Å². The Morgan fingerprint density at radius 2 is 1.68 bits per heavy atom. The van der Waals surface area contributed by atoms with Gasteiger partial charge in [0.05, 0.1) is 5.56 Å². The van der Waals surface area contributed by atoms with E-state index in [9.17, 15) is 18.0 Å². The van der Waals surface area contributed by atoms with E-state index in [0.29, 0.717) is 11.5 Å². The van der Waals surface area contributed by atoms with Crippen LogP contribution in [0, 0.1) is 0 Å². The van der Waals surface area contributed by atoms with Crippen molar-refractivity contribution >= 4 is 11.6 Å². The molecule has 2 rings (SSSR count). The van der Waals surface area contributed by atoms with Gasteiger partial charge in [0.2, 0.25) is 0 Å². The van der Waals surface area contributed by atoms with E-state index in [1.165, 1.54) is 12.1 Å². The topological polar surface area (TPSA) is 29.1 Å². The largest absolute Gasteiger partial charge is 0.416 e. The second-order valence-electron chi connectivity index (χ2n) is 5.31. The molecular formula is C17H16F3NO. The highest BCUT2D eigenvalue weighted by Crippen LogP contribution is 2.30. The molecule has 0 fully saturated rings. The summed E-state index contributed by atoms with van der Waals surface area (Å²) in [4.78, 5) is 12.1. The third-order valence-electron chi connectivity index (χ3n) is 3.29. The van der Waals surface area contributed by atoms with Gasteiger partial charge in [0.1, 0.15) is 0 Å². The molecule has 2 aromatic carbocycles. The minimum absolute atomic E-state index is 0.118. The van der Waals surface area contributed by atoms with Gasteiger partial charge in [-0.05, 0) is 41.8 Å². The number of carbonyl (C=O) groups excluding carboxylic acids is 1. The third kappa shape index (κ3) is 3.87.